The monoisotopic (exact) mass is 340 g/mol. The lowest BCUT2D eigenvalue weighted by Gasteiger charge is -2.18. The fourth-order valence-corrected chi connectivity index (χ4v) is 2.24. The van der Waals surface area contributed by atoms with E-state index in [2.05, 4.69) is 0 Å². The maximum absolute atomic E-state index is 12.3. The number of carbonyl (C=O) groups is 1. The predicted octanol–water partition coefficient (Wildman–Crippen LogP) is 2.61. The molecule has 25 heavy (non-hydrogen) atoms. The second kappa shape index (κ2) is 8.60. The zero-order valence-corrected chi connectivity index (χ0v) is 14.5. The Morgan fingerprint density at radius 2 is 1.92 bits per heavy atom. The van der Waals surface area contributed by atoms with Crippen molar-refractivity contribution in [2.75, 3.05) is 27.9 Å². The molecular formula is C19H20N2O4. The van der Waals surface area contributed by atoms with Gasteiger partial charge in [0.2, 0.25) is 0 Å². The molecule has 0 heterocycles. The van der Waals surface area contributed by atoms with Crippen LogP contribution >= 0.6 is 0 Å². The maximum Gasteiger partial charge on any atom is 0.260 e. The third-order valence-corrected chi connectivity index (χ3v) is 3.62. The molecule has 0 fully saturated rings. The van der Waals surface area contributed by atoms with Crippen molar-refractivity contribution in [3.8, 4) is 23.3 Å². The molecular weight excluding hydrogens is 320 g/mol. The number of benzene rings is 2. The minimum Gasteiger partial charge on any atom is -0.497 e. The summed E-state index contributed by atoms with van der Waals surface area (Å²) in [6, 6.07) is 14.4. The number of amides is 1. The summed E-state index contributed by atoms with van der Waals surface area (Å²) in [5, 5.41) is 8.90. The van der Waals surface area contributed by atoms with Crippen LogP contribution in [0.15, 0.2) is 42.5 Å². The van der Waals surface area contributed by atoms with E-state index < -0.39 is 0 Å². The van der Waals surface area contributed by atoms with Crippen molar-refractivity contribution < 1.29 is 19.0 Å². The van der Waals surface area contributed by atoms with Gasteiger partial charge in [0.05, 0.1) is 25.9 Å². The van der Waals surface area contributed by atoms with E-state index in [1.54, 1.807) is 37.3 Å². The first-order chi connectivity index (χ1) is 12.1. The second-order valence-electron chi connectivity index (χ2n) is 5.37. The Balaban J connectivity index is 1.96. The summed E-state index contributed by atoms with van der Waals surface area (Å²) in [5.41, 5.74) is 1.43. The summed E-state index contributed by atoms with van der Waals surface area (Å²) in [6.45, 7) is 0.326. The van der Waals surface area contributed by atoms with Crippen molar-refractivity contribution in [3.05, 3.63) is 53.6 Å². The van der Waals surface area contributed by atoms with E-state index in [1.807, 2.05) is 30.3 Å². The molecule has 0 aliphatic heterocycles. The standard InChI is InChI=1S/C19H20N2O4/c1-21(12-15-5-4-6-16(9-15)23-2)19(22)13-25-17-8-7-14(11-20)10-18(17)24-3/h4-10H,12-13H2,1-3H3. The number of nitrogens with zero attached hydrogens (tertiary/aromatic N) is 2. The molecule has 0 saturated heterocycles. The minimum absolute atomic E-state index is 0.122. The fourth-order valence-electron chi connectivity index (χ4n) is 2.24. The van der Waals surface area contributed by atoms with E-state index in [0.29, 0.717) is 23.6 Å². The Morgan fingerprint density at radius 3 is 2.60 bits per heavy atom. The van der Waals surface area contributed by atoms with Gasteiger partial charge in [-0.25, -0.2) is 0 Å². The lowest BCUT2D eigenvalue weighted by Crippen LogP contribution is -2.31. The second-order valence-corrected chi connectivity index (χ2v) is 5.37. The van der Waals surface area contributed by atoms with Crippen molar-refractivity contribution in [2.24, 2.45) is 0 Å². The van der Waals surface area contributed by atoms with Crippen LogP contribution in [0.2, 0.25) is 0 Å². The highest BCUT2D eigenvalue weighted by Gasteiger charge is 2.13. The summed E-state index contributed by atoms with van der Waals surface area (Å²) in [6.07, 6.45) is 0. The number of ether oxygens (including phenoxy) is 3. The third kappa shape index (κ3) is 4.88. The van der Waals surface area contributed by atoms with Crippen LogP contribution in [-0.2, 0) is 11.3 Å². The van der Waals surface area contributed by atoms with Gasteiger partial charge in [-0.2, -0.15) is 5.26 Å². The molecule has 0 aliphatic rings. The number of nitriles is 1. The zero-order valence-electron chi connectivity index (χ0n) is 14.5. The van der Waals surface area contributed by atoms with Gasteiger partial charge in [0, 0.05) is 19.7 Å². The summed E-state index contributed by atoms with van der Waals surface area (Å²) in [5.74, 6) is 1.41. The predicted molar refractivity (Wildman–Crippen MR) is 92.7 cm³/mol. The summed E-state index contributed by atoms with van der Waals surface area (Å²) in [7, 11) is 4.80. The smallest absolute Gasteiger partial charge is 0.260 e. The van der Waals surface area contributed by atoms with Crippen LogP contribution < -0.4 is 14.2 Å². The summed E-state index contributed by atoms with van der Waals surface area (Å²) in [4.78, 5) is 13.8. The Kier molecular flexibility index (Phi) is 6.24. The summed E-state index contributed by atoms with van der Waals surface area (Å²) < 4.78 is 15.9. The Hall–Kier alpha value is -3.20. The highest BCUT2D eigenvalue weighted by Crippen LogP contribution is 2.27. The van der Waals surface area contributed by atoms with Crippen molar-refractivity contribution >= 4 is 5.91 Å². The molecule has 0 radical (unpaired) electrons. The number of carbonyl (C=O) groups excluding carboxylic acids is 1. The van der Waals surface area contributed by atoms with E-state index in [0.717, 1.165) is 11.3 Å². The third-order valence-electron chi connectivity index (χ3n) is 3.62. The molecule has 1 amide bonds. The molecule has 0 saturated carbocycles. The number of hydrogen-bond donors (Lipinski definition) is 0. The van der Waals surface area contributed by atoms with Crippen molar-refractivity contribution in [1.29, 1.82) is 5.26 Å². The Bertz CT molecular complexity index is 783. The highest BCUT2D eigenvalue weighted by molar-refractivity contribution is 5.77. The maximum atomic E-state index is 12.3. The van der Waals surface area contributed by atoms with Gasteiger partial charge in [0.1, 0.15) is 5.75 Å². The highest BCUT2D eigenvalue weighted by atomic mass is 16.5. The number of methoxy groups -OCH3 is 2. The molecule has 0 atom stereocenters. The first kappa shape index (κ1) is 18.1. The van der Waals surface area contributed by atoms with Crippen molar-refractivity contribution in [1.82, 2.24) is 4.90 Å². The molecule has 2 aromatic carbocycles. The number of rotatable bonds is 7. The van der Waals surface area contributed by atoms with Gasteiger partial charge < -0.3 is 19.1 Å². The minimum atomic E-state index is -0.172. The van der Waals surface area contributed by atoms with E-state index in [9.17, 15) is 4.79 Å². The molecule has 2 rings (SSSR count). The van der Waals surface area contributed by atoms with Gasteiger partial charge in [0.25, 0.3) is 5.91 Å². The number of hydrogen-bond acceptors (Lipinski definition) is 5. The molecule has 0 N–H and O–H groups in total. The van der Waals surface area contributed by atoms with Crippen LogP contribution in [0.3, 0.4) is 0 Å². The molecule has 0 spiro atoms. The first-order valence-electron chi connectivity index (χ1n) is 7.65. The molecule has 6 heteroatoms. The van der Waals surface area contributed by atoms with Crippen molar-refractivity contribution in [2.45, 2.75) is 6.54 Å². The quantitative estimate of drug-likeness (QED) is 0.775. The molecule has 0 bridgehead atoms. The first-order valence-corrected chi connectivity index (χ1v) is 7.65. The van der Waals surface area contributed by atoms with Gasteiger partial charge in [0.15, 0.2) is 18.1 Å². The fraction of sp³-hybridized carbons (Fsp3) is 0.263. The molecule has 0 aliphatic carbocycles. The summed E-state index contributed by atoms with van der Waals surface area (Å²) >= 11 is 0. The van der Waals surface area contributed by atoms with Crippen LogP contribution in [-0.4, -0.2) is 38.7 Å². The average molecular weight is 340 g/mol. The van der Waals surface area contributed by atoms with E-state index in [-0.39, 0.29) is 12.5 Å². The van der Waals surface area contributed by atoms with Crippen LogP contribution in [0.1, 0.15) is 11.1 Å². The molecule has 0 aromatic heterocycles. The van der Waals surface area contributed by atoms with E-state index in [1.165, 1.54) is 7.11 Å². The molecule has 2 aromatic rings. The average Bonchev–Trinajstić information content (AvgIpc) is 2.65. The van der Waals surface area contributed by atoms with Gasteiger partial charge in [-0.3, -0.25) is 4.79 Å². The molecule has 6 nitrogen and oxygen atoms in total. The lowest BCUT2D eigenvalue weighted by molar-refractivity contribution is -0.132. The Labute approximate surface area is 147 Å². The normalized spacial score (nSPS) is 9.84. The molecule has 130 valence electrons. The van der Waals surface area contributed by atoms with Gasteiger partial charge in [-0.1, -0.05) is 12.1 Å². The van der Waals surface area contributed by atoms with Crippen LogP contribution in [0, 0.1) is 11.3 Å². The van der Waals surface area contributed by atoms with Crippen LogP contribution in [0.25, 0.3) is 0 Å². The van der Waals surface area contributed by atoms with E-state index >= 15 is 0 Å². The zero-order chi connectivity index (χ0) is 18.2. The topological polar surface area (TPSA) is 71.8 Å². The van der Waals surface area contributed by atoms with Gasteiger partial charge >= 0.3 is 0 Å². The SMILES string of the molecule is COc1cccc(CN(C)C(=O)COc2ccc(C#N)cc2OC)c1. The van der Waals surface area contributed by atoms with E-state index in [4.69, 9.17) is 19.5 Å². The molecule has 0 unspecified atom stereocenters. The van der Waals surface area contributed by atoms with Gasteiger partial charge in [-0.15, -0.1) is 0 Å². The van der Waals surface area contributed by atoms with Crippen LogP contribution in [0.5, 0.6) is 17.2 Å². The van der Waals surface area contributed by atoms with Crippen molar-refractivity contribution in [3.63, 3.8) is 0 Å². The lowest BCUT2D eigenvalue weighted by atomic mass is 10.2. The largest absolute Gasteiger partial charge is 0.497 e. The van der Waals surface area contributed by atoms with Crippen LogP contribution in [0.4, 0.5) is 0 Å². The van der Waals surface area contributed by atoms with Gasteiger partial charge in [-0.05, 0) is 29.8 Å². The Morgan fingerprint density at radius 1 is 1.12 bits per heavy atom. The number of likely N-dealkylation sites (N-methyl/N-ethyl adjacent to an activating group) is 1.